The summed E-state index contributed by atoms with van der Waals surface area (Å²) in [6.07, 6.45) is 1.98. The van der Waals surface area contributed by atoms with E-state index in [9.17, 15) is 10.1 Å². The SMILES string of the molecule is Cc1cc(C)c(CNCc2cn(C)nc2-c2ccc([N+](=O)[O-])cc2)c(C)c1. The van der Waals surface area contributed by atoms with Gasteiger partial charge in [-0.1, -0.05) is 17.7 Å². The molecule has 0 aliphatic rings. The quantitative estimate of drug-likeness (QED) is 0.525. The number of aromatic nitrogens is 2. The summed E-state index contributed by atoms with van der Waals surface area (Å²) in [5.74, 6) is 0. The van der Waals surface area contributed by atoms with Gasteiger partial charge < -0.3 is 5.32 Å². The molecule has 3 aromatic rings. The van der Waals surface area contributed by atoms with E-state index in [2.05, 4.69) is 43.3 Å². The van der Waals surface area contributed by atoms with Gasteiger partial charge in [-0.2, -0.15) is 5.10 Å². The van der Waals surface area contributed by atoms with Gasteiger partial charge in [0.15, 0.2) is 0 Å². The summed E-state index contributed by atoms with van der Waals surface area (Å²) in [4.78, 5) is 10.5. The van der Waals surface area contributed by atoms with Crippen LogP contribution in [0.15, 0.2) is 42.6 Å². The lowest BCUT2D eigenvalue weighted by Gasteiger charge is -2.12. The second-order valence-corrected chi connectivity index (χ2v) is 6.96. The van der Waals surface area contributed by atoms with Gasteiger partial charge in [0.05, 0.1) is 10.6 Å². The van der Waals surface area contributed by atoms with Gasteiger partial charge in [0.25, 0.3) is 5.69 Å². The third-order valence-electron chi connectivity index (χ3n) is 4.71. The summed E-state index contributed by atoms with van der Waals surface area (Å²) in [5.41, 5.74) is 8.05. The number of non-ortho nitro benzene ring substituents is 1. The van der Waals surface area contributed by atoms with Gasteiger partial charge >= 0.3 is 0 Å². The van der Waals surface area contributed by atoms with Gasteiger partial charge in [-0.3, -0.25) is 14.8 Å². The van der Waals surface area contributed by atoms with Crippen LogP contribution in [-0.4, -0.2) is 14.7 Å². The Hall–Kier alpha value is -2.99. The summed E-state index contributed by atoms with van der Waals surface area (Å²) in [6.45, 7) is 7.86. The molecule has 0 radical (unpaired) electrons. The highest BCUT2D eigenvalue weighted by atomic mass is 16.6. The van der Waals surface area contributed by atoms with E-state index in [0.717, 1.165) is 23.4 Å². The van der Waals surface area contributed by atoms with E-state index in [4.69, 9.17) is 0 Å². The average molecular weight is 364 g/mol. The van der Waals surface area contributed by atoms with Crippen molar-refractivity contribution < 1.29 is 4.92 Å². The Kier molecular flexibility index (Phi) is 5.37. The summed E-state index contributed by atoms with van der Waals surface area (Å²) in [5, 5.41) is 18.9. The van der Waals surface area contributed by atoms with Crippen molar-refractivity contribution in [3.8, 4) is 11.3 Å². The van der Waals surface area contributed by atoms with Crippen LogP contribution >= 0.6 is 0 Å². The lowest BCUT2D eigenvalue weighted by molar-refractivity contribution is -0.384. The van der Waals surface area contributed by atoms with Crippen LogP contribution in [0, 0.1) is 30.9 Å². The van der Waals surface area contributed by atoms with Gasteiger partial charge in [-0.05, 0) is 49.6 Å². The Morgan fingerprint density at radius 2 is 1.70 bits per heavy atom. The highest BCUT2D eigenvalue weighted by Gasteiger charge is 2.12. The van der Waals surface area contributed by atoms with Gasteiger partial charge in [0, 0.05) is 49.6 Å². The number of hydrogen-bond donors (Lipinski definition) is 1. The first-order valence-electron chi connectivity index (χ1n) is 8.90. The molecule has 27 heavy (non-hydrogen) atoms. The molecular weight excluding hydrogens is 340 g/mol. The molecule has 1 heterocycles. The molecule has 6 heteroatoms. The predicted molar refractivity (Wildman–Crippen MR) is 106 cm³/mol. The molecule has 1 aromatic heterocycles. The van der Waals surface area contributed by atoms with Crippen LogP contribution in [-0.2, 0) is 20.1 Å². The third-order valence-corrected chi connectivity index (χ3v) is 4.71. The zero-order chi connectivity index (χ0) is 19.6. The first-order chi connectivity index (χ1) is 12.8. The maximum absolute atomic E-state index is 10.8. The van der Waals surface area contributed by atoms with Crippen molar-refractivity contribution in [2.45, 2.75) is 33.9 Å². The van der Waals surface area contributed by atoms with Crippen LogP contribution in [0.1, 0.15) is 27.8 Å². The fourth-order valence-electron chi connectivity index (χ4n) is 3.46. The molecule has 0 aliphatic carbocycles. The van der Waals surface area contributed by atoms with Crippen molar-refractivity contribution >= 4 is 5.69 Å². The topological polar surface area (TPSA) is 73.0 Å². The van der Waals surface area contributed by atoms with Gasteiger partial charge in [-0.25, -0.2) is 0 Å². The monoisotopic (exact) mass is 364 g/mol. The fraction of sp³-hybridized carbons (Fsp3) is 0.286. The zero-order valence-electron chi connectivity index (χ0n) is 16.1. The molecule has 0 fully saturated rings. The lowest BCUT2D eigenvalue weighted by Crippen LogP contribution is -2.15. The number of nitro groups is 1. The van der Waals surface area contributed by atoms with Gasteiger partial charge in [0.1, 0.15) is 0 Å². The Morgan fingerprint density at radius 1 is 1.07 bits per heavy atom. The van der Waals surface area contributed by atoms with Crippen molar-refractivity contribution in [3.63, 3.8) is 0 Å². The number of benzene rings is 2. The number of nitro benzene ring substituents is 1. The third kappa shape index (κ3) is 4.23. The smallest absolute Gasteiger partial charge is 0.269 e. The van der Waals surface area contributed by atoms with Crippen molar-refractivity contribution in [2.24, 2.45) is 7.05 Å². The molecule has 0 spiro atoms. The van der Waals surface area contributed by atoms with E-state index in [1.807, 2.05) is 13.2 Å². The van der Waals surface area contributed by atoms with Crippen LogP contribution < -0.4 is 5.32 Å². The standard InChI is InChI=1S/C21H24N4O2/c1-14-9-15(2)20(16(3)10-14)12-22-11-18-13-24(4)23-21(18)17-5-7-19(8-6-17)25(26)27/h5-10,13,22H,11-12H2,1-4H3. The van der Waals surface area contributed by atoms with E-state index >= 15 is 0 Å². The van der Waals surface area contributed by atoms with E-state index in [-0.39, 0.29) is 5.69 Å². The molecule has 0 atom stereocenters. The van der Waals surface area contributed by atoms with Crippen molar-refractivity contribution in [2.75, 3.05) is 0 Å². The number of nitrogens with zero attached hydrogens (tertiary/aromatic N) is 3. The molecule has 0 unspecified atom stereocenters. The summed E-state index contributed by atoms with van der Waals surface area (Å²) in [6, 6.07) is 10.9. The molecule has 0 bridgehead atoms. The molecule has 0 saturated carbocycles. The molecule has 0 saturated heterocycles. The maximum atomic E-state index is 10.8. The van der Waals surface area contributed by atoms with Crippen LogP contribution in [0.3, 0.4) is 0 Å². The average Bonchev–Trinajstić information content (AvgIpc) is 2.98. The van der Waals surface area contributed by atoms with E-state index in [1.54, 1.807) is 16.8 Å². The first-order valence-corrected chi connectivity index (χ1v) is 8.90. The summed E-state index contributed by atoms with van der Waals surface area (Å²) >= 11 is 0. The molecule has 3 rings (SSSR count). The number of rotatable bonds is 6. The van der Waals surface area contributed by atoms with Gasteiger partial charge in [-0.15, -0.1) is 0 Å². The minimum Gasteiger partial charge on any atom is -0.308 e. The van der Waals surface area contributed by atoms with Crippen molar-refractivity contribution in [3.05, 3.63) is 80.5 Å². The van der Waals surface area contributed by atoms with Crippen LogP contribution in [0.5, 0.6) is 0 Å². The Balaban J connectivity index is 1.76. The van der Waals surface area contributed by atoms with Crippen LogP contribution in [0.4, 0.5) is 5.69 Å². The lowest BCUT2D eigenvalue weighted by atomic mass is 10.00. The predicted octanol–water partition coefficient (Wildman–Crippen LogP) is 4.21. The number of hydrogen-bond acceptors (Lipinski definition) is 4. The fourth-order valence-corrected chi connectivity index (χ4v) is 3.46. The Bertz CT molecular complexity index is 951. The molecule has 0 amide bonds. The molecule has 140 valence electrons. The summed E-state index contributed by atoms with van der Waals surface area (Å²) in [7, 11) is 1.88. The number of nitrogens with one attached hydrogen (secondary N) is 1. The molecule has 1 N–H and O–H groups in total. The molecular formula is C21H24N4O2. The second-order valence-electron chi connectivity index (χ2n) is 6.96. The van der Waals surface area contributed by atoms with E-state index < -0.39 is 4.92 Å². The maximum Gasteiger partial charge on any atom is 0.269 e. The normalized spacial score (nSPS) is 11.0. The molecule has 0 aliphatic heterocycles. The van der Waals surface area contributed by atoms with Crippen molar-refractivity contribution in [1.82, 2.24) is 15.1 Å². The van der Waals surface area contributed by atoms with E-state index in [0.29, 0.717) is 6.54 Å². The first kappa shape index (κ1) is 18.8. The van der Waals surface area contributed by atoms with Crippen LogP contribution in [0.2, 0.25) is 0 Å². The van der Waals surface area contributed by atoms with E-state index in [1.165, 1.54) is 34.4 Å². The van der Waals surface area contributed by atoms with Crippen molar-refractivity contribution in [1.29, 1.82) is 0 Å². The Labute approximate surface area is 159 Å². The summed E-state index contributed by atoms with van der Waals surface area (Å²) < 4.78 is 1.77. The number of aryl methyl sites for hydroxylation is 4. The van der Waals surface area contributed by atoms with Gasteiger partial charge in [0.2, 0.25) is 0 Å². The minimum atomic E-state index is -0.392. The molecule has 6 nitrogen and oxygen atoms in total. The Morgan fingerprint density at radius 3 is 2.30 bits per heavy atom. The highest BCUT2D eigenvalue weighted by molar-refractivity contribution is 5.64. The van der Waals surface area contributed by atoms with Crippen LogP contribution in [0.25, 0.3) is 11.3 Å². The minimum absolute atomic E-state index is 0.0830. The second kappa shape index (κ2) is 7.72. The molecule has 2 aromatic carbocycles. The largest absolute Gasteiger partial charge is 0.308 e. The highest BCUT2D eigenvalue weighted by Crippen LogP contribution is 2.24. The zero-order valence-corrected chi connectivity index (χ0v) is 16.1.